The molecule has 0 aliphatic rings. The van der Waals surface area contributed by atoms with Crippen LogP contribution in [0, 0.1) is 5.41 Å². The lowest BCUT2D eigenvalue weighted by molar-refractivity contribution is 0.125. The van der Waals surface area contributed by atoms with Gasteiger partial charge in [0.05, 0.1) is 0 Å². The van der Waals surface area contributed by atoms with Gasteiger partial charge in [0.25, 0.3) is 0 Å². The van der Waals surface area contributed by atoms with Crippen molar-refractivity contribution in [3.63, 3.8) is 0 Å². The molecule has 0 aromatic heterocycles. The van der Waals surface area contributed by atoms with Gasteiger partial charge < -0.3 is 10.1 Å². The Kier molecular flexibility index (Phi) is 5.20. The van der Waals surface area contributed by atoms with Gasteiger partial charge in [-0.05, 0) is 17.4 Å². The molecule has 0 fully saturated rings. The number of benzene rings is 1. The van der Waals surface area contributed by atoms with Gasteiger partial charge in [-0.2, -0.15) is 0 Å². The fourth-order valence-corrected chi connectivity index (χ4v) is 1.84. The van der Waals surface area contributed by atoms with E-state index in [2.05, 4.69) is 33.0 Å². The topological polar surface area (TPSA) is 38.3 Å². The lowest BCUT2D eigenvalue weighted by Crippen LogP contribution is -2.43. The van der Waals surface area contributed by atoms with Crippen LogP contribution in [0.25, 0.3) is 0 Å². The van der Waals surface area contributed by atoms with Gasteiger partial charge in [-0.3, -0.25) is 0 Å². The Hall–Kier alpha value is -1.51. The van der Waals surface area contributed by atoms with E-state index in [1.54, 1.807) is 0 Å². The van der Waals surface area contributed by atoms with Gasteiger partial charge in [-0.1, -0.05) is 58.0 Å². The number of carbonyl (C=O) groups is 1. The van der Waals surface area contributed by atoms with Gasteiger partial charge in [-0.15, -0.1) is 0 Å². The molecule has 100 valence electrons. The fraction of sp³-hybridized carbons (Fsp3) is 0.533. The summed E-state index contributed by atoms with van der Waals surface area (Å²) in [4.78, 5) is 11.7. The molecule has 0 spiro atoms. The van der Waals surface area contributed by atoms with E-state index >= 15 is 0 Å². The molecule has 1 aromatic carbocycles. The number of hydrogen-bond acceptors (Lipinski definition) is 2. The zero-order valence-corrected chi connectivity index (χ0v) is 11.7. The Morgan fingerprint density at radius 2 is 1.89 bits per heavy atom. The van der Waals surface area contributed by atoms with Crippen LogP contribution >= 0.6 is 0 Å². The average molecular weight is 249 g/mol. The highest BCUT2D eigenvalue weighted by molar-refractivity contribution is 5.67. The summed E-state index contributed by atoms with van der Waals surface area (Å²) in [6.07, 6.45) is 0.546. The molecule has 3 heteroatoms. The minimum absolute atomic E-state index is 0.0422. The second-order valence-corrected chi connectivity index (χ2v) is 5.53. The van der Waals surface area contributed by atoms with Crippen molar-refractivity contribution in [2.75, 3.05) is 0 Å². The van der Waals surface area contributed by atoms with Gasteiger partial charge >= 0.3 is 6.09 Å². The van der Waals surface area contributed by atoms with Crippen LogP contribution in [0.5, 0.6) is 0 Å². The zero-order chi connectivity index (χ0) is 13.6. The molecule has 1 amide bonds. The molecule has 0 bridgehead atoms. The predicted octanol–water partition coefficient (Wildman–Crippen LogP) is 3.74. The van der Waals surface area contributed by atoms with Gasteiger partial charge in [0.15, 0.2) is 0 Å². The maximum absolute atomic E-state index is 11.7. The predicted molar refractivity (Wildman–Crippen MR) is 73.3 cm³/mol. The smallest absolute Gasteiger partial charge is 0.407 e. The van der Waals surface area contributed by atoms with Crippen LogP contribution in [0.2, 0.25) is 0 Å². The molecule has 0 aliphatic carbocycles. The van der Waals surface area contributed by atoms with E-state index in [9.17, 15) is 4.79 Å². The third kappa shape index (κ3) is 4.78. The Morgan fingerprint density at radius 3 is 2.39 bits per heavy atom. The van der Waals surface area contributed by atoms with Crippen molar-refractivity contribution in [2.45, 2.75) is 46.8 Å². The highest BCUT2D eigenvalue weighted by Crippen LogP contribution is 2.21. The minimum atomic E-state index is -0.347. The third-order valence-electron chi connectivity index (χ3n) is 2.96. The van der Waals surface area contributed by atoms with E-state index in [-0.39, 0.29) is 17.6 Å². The van der Waals surface area contributed by atoms with Gasteiger partial charge in [0, 0.05) is 6.04 Å². The molecule has 0 radical (unpaired) electrons. The van der Waals surface area contributed by atoms with Crippen molar-refractivity contribution in [2.24, 2.45) is 5.41 Å². The highest BCUT2D eigenvalue weighted by Gasteiger charge is 2.24. The molecule has 3 nitrogen and oxygen atoms in total. The van der Waals surface area contributed by atoms with E-state index in [4.69, 9.17) is 4.74 Å². The molecular weight excluding hydrogens is 226 g/mol. The summed E-state index contributed by atoms with van der Waals surface area (Å²) in [5.74, 6) is 0. The molecule has 0 aliphatic heterocycles. The molecule has 1 aromatic rings. The summed E-state index contributed by atoms with van der Waals surface area (Å²) >= 11 is 0. The monoisotopic (exact) mass is 249 g/mol. The summed E-state index contributed by atoms with van der Waals surface area (Å²) in [6.45, 7) is 8.70. The number of rotatable bonds is 4. The van der Waals surface area contributed by atoms with Crippen LogP contribution in [0.1, 0.15) is 39.7 Å². The largest absolute Gasteiger partial charge is 0.445 e. The van der Waals surface area contributed by atoms with Crippen molar-refractivity contribution in [1.82, 2.24) is 5.32 Å². The zero-order valence-electron chi connectivity index (χ0n) is 11.7. The summed E-state index contributed by atoms with van der Waals surface area (Å²) in [5, 5.41) is 2.92. The Bertz CT molecular complexity index is 368. The third-order valence-corrected chi connectivity index (χ3v) is 2.96. The van der Waals surface area contributed by atoms with Crippen molar-refractivity contribution < 1.29 is 9.53 Å². The molecular formula is C15H23NO2. The number of nitrogens with one attached hydrogen (secondary N) is 1. The number of carbonyl (C=O) groups excluding carboxylic acids is 1. The number of hydrogen-bond donors (Lipinski definition) is 1. The normalized spacial score (nSPS) is 12.9. The van der Waals surface area contributed by atoms with E-state index in [1.807, 2.05) is 30.3 Å². The van der Waals surface area contributed by atoms with Crippen LogP contribution in [-0.2, 0) is 11.3 Å². The Labute approximate surface area is 110 Å². The SMILES string of the molecule is CC[C@@H](NC(=O)OCc1ccccc1)C(C)(C)C. The van der Waals surface area contributed by atoms with E-state index in [1.165, 1.54) is 0 Å². The maximum atomic E-state index is 11.7. The van der Waals surface area contributed by atoms with Crippen molar-refractivity contribution in [3.05, 3.63) is 35.9 Å². The first-order valence-corrected chi connectivity index (χ1v) is 6.40. The molecule has 0 heterocycles. The first-order valence-electron chi connectivity index (χ1n) is 6.40. The number of alkyl carbamates (subject to hydrolysis) is 1. The molecule has 1 rings (SSSR count). The standard InChI is InChI=1S/C15H23NO2/c1-5-13(15(2,3)4)16-14(17)18-11-12-9-7-6-8-10-12/h6-10,13H,5,11H2,1-4H3,(H,16,17)/t13-/m1/s1. The van der Waals surface area contributed by atoms with Crippen LogP contribution in [0.3, 0.4) is 0 Å². The lowest BCUT2D eigenvalue weighted by atomic mass is 9.85. The Balaban J connectivity index is 2.42. The van der Waals surface area contributed by atoms with Gasteiger partial charge in [-0.25, -0.2) is 4.79 Å². The quantitative estimate of drug-likeness (QED) is 0.882. The first kappa shape index (κ1) is 14.6. The van der Waals surface area contributed by atoms with Crippen molar-refractivity contribution >= 4 is 6.09 Å². The molecule has 1 atom stereocenters. The van der Waals surface area contributed by atoms with Crippen LogP contribution in [0.4, 0.5) is 4.79 Å². The van der Waals surface area contributed by atoms with Gasteiger partial charge in [0.1, 0.15) is 6.61 Å². The molecule has 0 saturated carbocycles. The molecule has 0 unspecified atom stereocenters. The molecule has 1 N–H and O–H groups in total. The van der Waals surface area contributed by atoms with Crippen LogP contribution in [-0.4, -0.2) is 12.1 Å². The molecule has 0 saturated heterocycles. The lowest BCUT2D eigenvalue weighted by Gasteiger charge is -2.30. The van der Waals surface area contributed by atoms with E-state index in [0.29, 0.717) is 6.61 Å². The second kappa shape index (κ2) is 6.43. The number of amides is 1. The second-order valence-electron chi connectivity index (χ2n) is 5.53. The molecule has 18 heavy (non-hydrogen) atoms. The summed E-state index contributed by atoms with van der Waals surface area (Å²) < 4.78 is 5.21. The maximum Gasteiger partial charge on any atom is 0.407 e. The van der Waals surface area contributed by atoms with Crippen LogP contribution in [0.15, 0.2) is 30.3 Å². The highest BCUT2D eigenvalue weighted by atomic mass is 16.5. The minimum Gasteiger partial charge on any atom is -0.445 e. The van der Waals surface area contributed by atoms with Crippen molar-refractivity contribution in [3.8, 4) is 0 Å². The number of ether oxygens (including phenoxy) is 1. The van der Waals surface area contributed by atoms with Crippen LogP contribution < -0.4 is 5.32 Å². The average Bonchev–Trinajstić information content (AvgIpc) is 2.33. The van der Waals surface area contributed by atoms with E-state index in [0.717, 1.165) is 12.0 Å². The van der Waals surface area contributed by atoms with Crippen molar-refractivity contribution in [1.29, 1.82) is 0 Å². The summed E-state index contributed by atoms with van der Waals surface area (Å²) in [5.41, 5.74) is 1.04. The Morgan fingerprint density at radius 1 is 1.28 bits per heavy atom. The summed E-state index contributed by atoms with van der Waals surface area (Å²) in [7, 11) is 0. The van der Waals surface area contributed by atoms with E-state index < -0.39 is 0 Å². The fourth-order valence-electron chi connectivity index (χ4n) is 1.84. The first-order chi connectivity index (χ1) is 8.43. The summed E-state index contributed by atoms with van der Waals surface area (Å²) in [6, 6.07) is 9.81. The van der Waals surface area contributed by atoms with Gasteiger partial charge in [0.2, 0.25) is 0 Å².